The smallest absolute Gasteiger partial charge is 0.216 e. The molecule has 1 spiro atoms. The average molecular weight is 193 g/mol. The van der Waals surface area contributed by atoms with Gasteiger partial charge >= 0.3 is 0 Å². The van der Waals surface area contributed by atoms with E-state index in [1.807, 2.05) is 10.9 Å². The first-order valence-electron chi connectivity index (χ1n) is 5.21. The molecule has 1 aromatic heterocycles. The van der Waals surface area contributed by atoms with Gasteiger partial charge in [-0.15, -0.1) is 0 Å². The summed E-state index contributed by atoms with van der Waals surface area (Å²) < 4.78 is 7.74. The molecule has 2 aliphatic rings. The Morgan fingerprint density at radius 3 is 3.07 bits per heavy atom. The van der Waals surface area contributed by atoms with Gasteiger partial charge in [0.2, 0.25) is 5.88 Å². The molecule has 0 bridgehead atoms. The molecule has 1 aromatic rings. The van der Waals surface area contributed by atoms with Crippen molar-refractivity contribution in [2.75, 3.05) is 6.61 Å². The number of hydrogen-bond acceptors (Lipinski definition) is 3. The van der Waals surface area contributed by atoms with E-state index in [-0.39, 0.29) is 0 Å². The highest BCUT2D eigenvalue weighted by molar-refractivity contribution is 5.25. The highest BCUT2D eigenvalue weighted by atomic mass is 16.5. The first-order valence-corrected chi connectivity index (χ1v) is 5.21. The molecule has 3 rings (SSSR count). The molecule has 0 amide bonds. The molecule has 1 fully saturated rings. The monoisotopic (exact) mass is 193 g/mol. The summed E-state index contributed by atoms with van der Waals surface area (Å²) in [7, 11) is 0. The van der Waals surface area contributed by atoms with Gasteiger partial charge < -0.3 is 10.5 Å². The molecule has 76 valence electrons. The van der Waals surface area contributed by atoms with Crippen molar-refractivity contribution in [3.63, 3.8) is 0 Å². The fraction of sp³-hybridized carbons (Fsp3) is 0.700. The Morgan fingerprint density at radius 2 is 2.43 bits per heavy atom. The number of ether oxygens (including phenoxy) is 1. The van der Waals surface area contributed by atoms with Crippen molar-refractivity contribution in [2.45, 2.75) is 32.4 Å². The zero-order valence-electron chi connectivity index (χ0n) is 8.20. The average Bonchev–Trinajstić information content (AvgIpc) is 2.56. The maximum atomic E-state index is 5.76. The molecule has 0 saturated heterocycles. The molecule has 2 N–H and O–H groups in total. The summed E-state index contributed by atoms with van der Waals surface area (Å²) in [5.41, 5.74) is 7.02. The minimum Gasteiger partial charge on any atom is -0.477 e. The van der Waals surface area contributed by atoms with Gasteiger partial charge in [0.15, 0.2) is 0 Å². The molecule has 0 atom stereocenters. The molecule has 0 unspecified atom stereocenters. The Bertz CT molecular complexity index is 354. The Morgan fingerprint density at radius 1 is 1.57 bits per heavy atom. The van der Waals surface area contributed by atoms with E-state index in [9.17, 15) is 0 Å². The van der Waals surface area contributed by atoms with Gasteiger partial charge in [-0.3, -0.25) is 0 Å². The third-order valence-corrected chi connectivity index (χ3v) is 3.50. The zero-order chi connectivity index (χ0) is 9.60. The topological polar surface area (TPSA) is 53.1 Å². The molecule has 4 nitrogen and oxygen atoms in total. The van der Waals surface area contributed by atoms with Crippen molar-refractivity contribution in [3.05, 3.63) is 11.8 Å². The highest BCUT2D eigenvalue weighted by Crippen LogP contribution is 2.45. The number of hydrogen-bond donors (Lipinski definition) is 1. The van der Waals surface area contributed by atoms with E-state index in [4.69, 9.17) is 10.5 Å². The minimum atomic E-state index is 0.394. The van der Waals surface area contributed by atoms with Crippen LogP contribution >= 0.6 is 0 Å². The molecule has 0 aromatic carbocycles. The minimum absolute atomic E-state index is 0.394. The Balaban J connectivity index is 1.91. The van der Waals surface area contributed by atoms with Crippen molar-refractivity contribution in [3.8, 4) is 5.88 Å². The Kier molecular flexibility index (Phi) is 1.62. The fourth-order valence-electron chi connectivity index (χ4n) is 2.40. The van der Waals surface area contributed by atoms with Gasteiger partial charge in [0.25, 0.3) is 0 Å². The molecular formula is C10H15N3O. The van der Waals surface area contributed by atoms with E-state index in [2.05, 4.69) is 5.10 Å². The van der Waals surface area contributed by atoms with Gasteiger partial charge in [0, 0.05) is 17.5 Å². The van der Waals surface area contributed by atoms with Gasteiger partial charge in [-0.1, -0.05) is 6.42 Å². The standard InChI is InChI=1S/C10H15N3O/c11-4-8-5-12-13-6-10(2-1-3-10)7-14-9(8)13/h5H,1-4,6-7,11H2. The number of fused-ring (bicyclic) bond motifs is 1. The second-order valence-electron chi connectivity index (χ2n) is 4.48. The van der Waals surface area contributed by atoms with Crippen LogP contribution in [0, 0.1) is 5.41 Å². The predicted molar refractivity (Wildman–Crippen MR) is 51.9 cm³/mol. The summed E-state index contributed by atoms with van der Waals surface area (Å²) in [6, 6.07) is 0. The number of rotatable bonds is 1. The van der Waals surface area contributed by atoms with Crippen LogP contribution in [-0.2, 0) is 13.1 Å². The van der Waals surface area contributed by atoms with Gasteiger partial charge in [-0.2, -0.15) is 5.10 Å². The van der Waals surface area contributed by atoms with Crippen LogP contribution in [0.4, 0.5) is 0 Å². The van der Waals surface area contributed by atoms with Crippen molar-refractivity contribution in [2.24, 2.45) is 11.1 Å². The van der Waals surface area contributed by atoms with Crippen LogP contribution in [0.5, 0.6) is 5.88 Å². The molecule has 1 aliphatic heterocycles. The van der Waals surface area contributed by atoms with Gasteiger partial charge in [0.05, 0.1) is 19.3 Å². The van der Waals surface area contributed by atoms with Crippen LogP contribution in [0.2, 0.25) is 0 Å². The normalized spacial score (nSPS) is 22.6. The van der Waals surface area contributed by atoms with Crippen molar-refractivity contribution < 1.29 is 4.74 Å². The van der Waals surface area contributed by atoms with Gasteiger partial charge in [-0.25, -0.2) is 4.68 Å². The largest absolute Gasteiger partial charge is 0.477 e. The van der Waals surface area contributed by atoms with Crippen molar-refractivity contribution >= 4 is 0 Å². The van der Waals surface area contributed by atoms with Crippen molar-refractivity contribution in [1.29, 1.82) is 0 Å². The van der Waals surface area contributed by atoms with Crippen LogP contribution in [0.25, 0.3) is 0 Å². The second-order valence-corrected chi connectivity index (χ2v) is 4.48. The Labute approximate surface area is 83.0 Å². The lowest BCUT2D eigenvalue weighted by Gasteiger charge is -2.44. The predicted octanol–water partition coefficient (Wildman–Crippen LogP) is 0.904. The molecule has 2 heterocycles. The molecule has 4 heteroatoms. The lowest BCUT2D eigenvalue weighted by Crippen LogP contribution is -2.43. The summed E-state index contributed by atoms with van der Waals surface area (Å²) in [5, 5.41) is 4.32. The summed E-state index contributed by atoms with van der Waals surface area (Å²) in [5.74, 6) is 0.894. The summed E-state index contributed by atoms with van der Waals surface area (Å²) in [6.07, 6.45) is 5.73. The zero-order valence-corrected chi connectivity index (χ0v) is 8.20. The lowest BCUT2D eigenvalue weighted by molar-refractivity contribution is 0.00134. The van der Waals surface area contributed by atoms with Crippen LogP contribution in [0.3, 0.4) is 0 Å². The fourth-order valence-corrected chi connectivity index (χ4v) is 2.40. The summed E-state index contributed by atoms with van der Waals surface area (Å²) in [6.45, 7) is 2.39. The van der Waals surface area contributed by atoms with E-state index in [0.717, 1.165) is 24.6 Å². The maximum Gasteiger partial charge on any atom is 0.216 e. The van der Waals surface area contributed by atoms with E-state index in [1.165, 1.54) is 19.3 Å². The summed E-state index contributed by atoms with van der Waals surface area (Å²) >= 11 is 0. The second kappa shape index (κ2) is 2.73. The van der Waals surface area contributed by atoms with E-state index < -0.39 is 0 Å². The van der Waals surface area contributed by atoms with Crippen LogP contribution in [0.1, 0.15) is 24.8 Å². The first kappa shape index (κ1) is 8.29. The SMILES string of the molecule is NCc1cnn2c1OCC1(CCC1)C2. The van der Waals surface area contributed by atoms with Crippen LogP contribution in [-0.4, -0.2) is 16.4 Å². The maximum absolute atomic E-state index is 5.76. The molecule has 14 heavy (non-hydrogen) atoms. The van der Waals surface area contributed by atoms with E-state index in [0.29, 0.717) is 12.0 Å². The third-order valence-electron chi connectivity index (χ3n) is 3.50. The van der Waals surface area contributed by atoms with Crippen LogP contribution in [0.15, 0.2) is 6.20 Å². The van der Waals surface area contributed by atoms with E-state index in [1.54, 1.807) is 0 Å². The van der Waals surface area contributed by atoms with E-state index >= 15 is 0 Å². The number of nitrogens with zero attached hydrogens (tertiary/aromatic N) is 2. The molecule has 0 radical (unpaired) electrons. The Hall–Kier alpha value is -1.03. The summed E-state index contributed by atoms with van der Waals surface area (Å²) in [4.78, 5) is 0. The third kappa shape index (κ3) is 1.00. The molecule has 1 aliphatic carbocycles. The highest BCUT2D eigenvalue weighted by Gasteiger charge is 2.42. The number of nitrogens with two attached hydrogens (primary N) is 1. The quantitative estimate of drug-likeness (QED) is 0.721. The number of aromatic nitrogens is 2. The van der Waals surface area contributed by atoms with Gasteiger partial charge in [-0.05, 0) is 12.8 Å². The van der Waals surface area contributed by atoms with Crippen LogP contribution < -0.4 is 10.5 Å². The molecule has 1 saturated carbocycles. The van der Waals surface area contributed by atoms with Gasteiger partial charge in [0.1, 0.15) is 0 Å². The van der Waals surface area contributed by atoms with Crippen molar-refractivity contribution in [1.82, 2.24) is 9.78 Å². The lowest BCUT2D eigenvalue weighted by atomic mass is 9.69. The molecular weight excluding hydrogens is 178 g/mol. The first-order chi connectivity index (χ1) is 6.83.